The molecule has 1 saturated heterocycles. The number of hydrogen-bond acceptors (Lipinski definition) is 4. The molecule has 3 aromatic carbocycles. The van der Waals surface area contributed by atoms with Gasteiger partial charge >= 0.3 is 12.1 Å². The molecule has 0 spiro atoms. The van der Waals surface area contributed by atoms with Crippen LogP contribution in [0.4, 0.5) is 15.3 Å². The minimum atomic E-state index is -0.452. The second-order valence-electron chi connectivity index (χ2n) is 7.43. The van der Waals surface area contributed by atoms with Crippen LogP contribution in [-0.4, -0.2) is 38.4 Å². The van der Waals surface area contributed by atoms with E-state index in [0.29, 0.717) is 18.0 Å². The van der Waals surface area contributed by atoms with E-state index < -0.39 is 12.2 Å². The highest BCUT2D eigenvalue weighted by molar-refractivity contribution is 5.90. The van der Waals surface area contributed by atoms with Crippen molar-refractivity contribution in [2.75, 3.05) is 25.1 Å². The average molecular weight is 431 g/mol. The summed E-state index contributed by atoms with van der Waals surface area (Å²) in [5.41, 5.74) is 2.64. The van der Waals surface area contributed by atoms with Crippen molar-refractivity contribution in [2.24, 2.45) is 0 Å². The van der Waals surface area contributed by atoms with Gasteiger partial charge in [0.1, 0.15) is 11.9 Å². The van der Waals surface area contributed by atoms with Crippen molar-refractivity contribution in [2.45, 2.75) is 12.1 Å². The predicted octanol–water partition coefficient (Wildman–Crippen LogP) is 4.11. The summed E-state index contributed by atoms with van der Waals surface area (Å²) < 4.78 is 10.7. The Hall–Kier alpha value is -4.00. The van der Waals surface area contributed by atoms with Gasteiger partial charge in [-0.2, -0.15) is 0 Å². The molecule has 7 heteroatoms. The number of anilines is 1. The first kappa shape index (κ1) is 21.2. The Balaban J connectivity index is 1.37. The summed E-state index contributed by atoms with van der Waals surface area (Å²) in [6.07, 6.45) is -0.900. The highest BCUT2D eigenvalue weighted by Gasteiger charge is 2.32. The van der Waals surface area contributed by atoms with Crippen molar-refractivity contribution in [1.82, 2.24) is 10.6 Å². The normalized spacial score (nSPS) is 15.4. The zero-order chi connectivity index (χ0) is 22.3. The number of rotatable bonds is 7. The molecule has 7 nitrogen and oxygen atoms in total. The lowest BCUT2D eigenvalue weighted by Gasteiger charge is -2.20. The van der Waals surface area contributed by atoms with Gasteiger partial charge in [0.15, 0.2) is 0 Å². The van der Waals surface area contributed by atoms with Gasteiger partial charge in [0.05, 0.1) is 31.9 Å². The molecule has 1 aliphatic heterocycles. The van der Waals surface area contributed by atoms with Crippen LogP contribution in [0, 0.1) is 0 Å². The zero-order valence-corrected chi connectivity index (χ0v) is 17.7. The first-order valence-corrected chi connectivity index (χ1v) is 10.4. The number of cyclic esters (lactones) is 1. The number of amides is 3. The summed E-state index contributed by atoms with van der Waals surface area (Å²) in [6.45, 7) is 0.543. The third-order valence-corrected chi connectivity index (χ3v) is 5.27. The van der Waals surface area contributed by atoms with Crippen molar-refractivity contribution in [1.29, 1.82) is 0 Å². The molecule has 0 radical (unpaired) electrons. The molecule has 32 heavy (non-hydrogen) atoms. The van der Waals surface area contributed by atoms with Crippen molar-refractivity contribution < 1.29 is 19.1 Å². The molecule has 3 amide bonds. The summed E-state index contributed by atoms with van der Waals surface area (Å²) in [5.74, 6) is 0.657. The first-order valence-electron chi connectivity index (χ1n) is 10.4. The average Bonchev–Trinajstić information content (AvgIpc) is 3.23. The molecule has 0 aromatic heterocycles. The van der Waals surface area contributed by atoms with Crippen LogP contribution in [0.5, 0.6) is 5.75 Å². The van der Waals surface area contributed by atoms with E-state index in [0.717, 1.165) is 11.1 Å². The van der Waals surface area contributed by atoms with Crippen molar-refractivity contribution >= 4 is 17.8 Å². The summed E-state index contributed by atoms with van der Waals surface area (Å²) >= 11 is 0. The summed E-state index contributed by atoms with van der Waals surface area (Å²) in [6, 6.07) is 26.1. The van der Waals surface area contributed by atoms with E-state index in [9.17, 15) is 9.59 Å². The Bertz CT molecular complexity index is 1020. The lowest BCUT2D eigenvalue weighted by Crippen LogP contribution is -2.42. The van der Waals surface area contributed by atoms with E-state index in [4.69, 9.17) is 9.47 Å². The molecule has 1 heterocycles. The minimum Gasteiger partial charge on any atom is -0.497 e. The fourth-order valence-electron chi connectivity index (χ4n) is 3.66. The van der Waals surface area contributed by atoms with Gasteiger partial charge in [-0.3, -0.25) is 4.90 Å². The molecule has 1 atom stereocenters. The highest BCUT2D eigenvalue weighted by Crippen LogP contribution is 2.25. The van der Waals surface area contributed by atoms with Crippen molar-refractivity contribution in [3.05, 3.63) is 96.1 Å². The Kier molecular flexibility index (Phi) is 6.55. The fourth-order valence-corrected chi connectivity index (χ4v) is 3.66. The summed E-state index contributed by atoms with van der Waals surface area (Å²) in [5, 5.41) is 5.85. The molecular weight excluding hydrogens is 406 g/mol. The Morgan fingerprint density at radius 2 is 1.69 bits per heavy atom. The number of urea groups is 1. The van der Waals surface area contributed by atoms with E-state index in [1.165, 1.54) is 4.90 Å². The fraction of sp³-hybridized carbons (Fsp3) is 0.200. The maximum atomic E-state index is 12.7. The van der Waals surface area contributed by atoms with E-state index in [2.05, 4.69) is 10.6 Å². The number of ether oxygens (including phenoxy) is 2. The third-order valence-electron chi connectivity index (χ3n) is 5.27. The lowest BCUT2D eigenvalue weighted by molar-refractivity contribution is 0.140. The molecule has 0 bridgehead atoms. The molecule has 0 unspecified atom stereocenters. The van der Waals surface area contributed by atoms with Crippen LogP contribution in [0.25, 0.3) is 0 Å². The topological polar surface area (TPSA) is 79.9 Å². The molecule has 4 rings (SSSR count). The Labute approximate surface area is 187 Å². The Morgan fingerprint density at radius 1 is 1.03 bits per heavy atom. The molecule has 164 valence electrons. The number of hydrogen-bond donors (Lipinski definition) is 2. The molecule has 3 aromatic rings. The molecule has 2 N–H and O–H groups in total. The van der Waals surface area contributed by atoms with Crippen LogP contribution in [-0.2, 0) is 4.74 Å². The maximum Gasteiger partial charge on any atom is 0.414 e. The number of carbonyl (C=O) groups is 2. The third kappa shape index (κ3) is 5.00. The molecular formula is C25H25N3O4. The van der Waals surface area contributed by atoms with E-state index in [-0.39, 0.29) is 18.6 Å². The van der Waals surface area contributed by atoms with Gasteiger partial charge in [-0.15, -0.1) is 0 Å². The zero-order valence-electron chi connectivity index (χ0n) is 17.7. The van der Waals surface area contributed by atoms with Crippen LogP contribution in [0.1, 0.15) is 17.2 Å². The lowest BCUT2D eigenvalue weighted by atomic mass is 9.99. The van der Waals surface area contributed by atoms with Crippen LogP contribution < -0.4 is 20.3 Å². The van der Waals surface area contributed by atoms with Crippen LogP contribution in [0.2, 0.25) is 0 Å². The standard InChI is InChI=1S/C25H25N3O4/c1-31-21-14-8-13-20(15-21)28-17-22(32-25(28)30)16-26-24(29)27-23(18-9-4-2-5-10-18)19-11-6-3-7-12-19/h2-15,22-23H,16-17H2,1H3,(H2,26,27,29)/t22-/m0/s1. The van der Waals surface area contributed by atoms with Gasteiger partial charge in [-0.25, -0.2) is 9.59 Å². The quantitative estimate of drug-likeness (QED) is 0.590. The largest absolute Gasteiger partial charge is 0.497 e. The minimum absolute atomic E-state index is 0.203. The second-order valence-corrected chi connectivity index (χ2v) is 7.43. The number of nitrogens with one attached hydrogen (secondary N) is 2. The summed E-state index contributed by atoms with van der Waals surface area (Å²) in [7, 11) is 1.57. The van der Waals surface area contributed by atoms with Crippen LogP contribution in [0.15, 0.2) is 84.9 Å². The smallest absolute Gasteiger partial charge is 0.414 e. The van der Waals surface area contributed by atoms with Crippen LogP contribution in [0.3, 0.4) is 0 Å². The highest BCUT2D eigenvalue weighted by atomic mass is 16.6. The van der Waals surface area contributed by atoms with Gasteiger partial charge in [0.2, 0.25) is 0 Å². The van der Waals surface area contributed by atoms with Gasteiger partial charge in [-0.1, -0.05) is 66.7 Å². The SMILES string of the molecule is COc1cccc(N2C[C@H](CNC(=O)NC(c3ccccc3)c3ccccc3)OC2=O)c1. The second kappa shape index (κ2) is 9.87. The van der Waals surface area contributed by atoms with E-state index in [1.54, 1.807) is 13.2 Å². The van der Waals surface area contributed by atoms with Crippen molar-refractivity contribution in [3.63, 3.8) is 0 Å². The van der Waals surface area contributed by atoms with Gasteiger partial charge in [0.25, 0.3) is 0 Å². The predicted molar refractivity (Wildman–Crippen MR) is 122 cm³/mol. The van der Waals surface area contributed by atoms with Gasteiger partial charge in [-0.05, 0) is 23.3 Å². The van der Waals surface area contributed by atoms with Gasteiger partial charge < -0.3 is 20.1 Å². The van der Waals surface area contributed by atoms with E-state index in [1.807, 2.05) is 78.9 Å². The molecule has 1 aliphatic rings. The van der Waals surface area contributed by atoms with Gasteiger partial charge in [0, 0.05) is 6.07 Å². The number of benzene rings is 3. The maximum absolute atomic E-state index is 12.7. The number of methoxy groups -OCH3 is 1. The molecule has 0 aliphatic carbocycles. The van der Waals surface area contributed by atoms with Crippen LogP contribution >= 0.6 is 0 Å². The molecule has 1 fully saturated rings. The summed E-state index contributed by atoms with van der Waals surface area (Å²) in [4.78, 5) is 26.5. The number of nitrogens with zero attached hydrogens (tertiary/aromatic N) is 1. The van der Waals surface area contributed by atoms with Crippen molar-refractivity contribution in [3.8, 4) is 5.75 Å². The monoisotopic (exact) mass is 431 g/mol. The van der Waals surface area contributed by atoms with E-state index >= 15 is 0 Å². The molecule has 0 saturated carbocycles. The Morgan fingerprint density at radius 3 is 2.31 bits per heavy atom. The number of carbonyl (C=O) groups excluding carboxylic acids is 2. The first-order chi connectivity index (χ1) is 15.6.